The molecule has 0 amide bonds. The summed E-state index contributed by atoms with van der Waals surface area (Å²) >= 11 is 0. The lowest BCUT2D eigenvalue weighted by Crippen LogP contribution is -2.31. The predicted molar refractivity (Wildman–Crippen MR) is 39.4 cm³/mol. The maximum atomic E-state index is 10.7. The highest BCUT2D eigenvalue weighted by Gasteiger charge is 2.11. The number of ether oxygens (including phenoxy) is 1. The lowest BCUT2D eigenvalue weighted by molar-refractivity contribution is -0.144. The van der Waals surface area contributed by atoms with Crippen molar-refractivity contribution >= 4 is 5.97 Å². The first-order valence-corrected chi connectivity index (χ1v) is 3.25. The van der Waals surface area contributed by atoms with Gasteiger partial charge < -0.3 is 10.5 Å². The summed E-state index contributed by atoms with van der Waals surface area (Å²) in [6.07, 6.45) is 2.07. The normalized spacial score (nSPS) is 12.2. The van der Waals surface area contributed by atoms with Crippen LogP contribution in [-0.2, 0) is 9.53 Å². The van der Waals surface area contributed by atoms with E-state index in [4.69, 9.17) is 5.73 Å². The second-order valence-corrected chi connectivity index (χ2v) is 1.88. The summed E-state index contributed by atoms with van der Waals surface area (Å²) in [6, 6.07) is -0.544. The second kappa shape index (κ2) is 4.99. The molecule has 0 aromatic rings. The van der Waals surface area contributed by atoms with Crippen LogP contribution >= 0.6 is 0 Å². The molecule has 3 nitrogen and oxygen atoms in total. The Morgan fingerprint density at radius 1 is 1.90 bits per heavy atom. The lowest BCUT2D eigenvalue weighted by Gasteiger charge is -2.06. The number of rotatable bonds is 4. The van der Waals surface area contributed by atoms with Gasteiger partial charge in [-0.2, -0.15) is 0 Å². The van der Waals surface area contributed by atoms with Crippen molar-refractivity contribution in [1.29, 1.82) is 0 Å². The molecule has 0 fully saturated rings. The number of carbonyl (C=O) groups is 1. The first-order valence-electron chi connectivity index (χ1n) is 3.25. The Balaban J connectivity index is 3.58. The number of hydrogen-bond donors (Lipinski definition) is 1. The highest BCUT2D eigenvalue weighted by atomic mass is 16.5. The Hall–Kier alpha value is -0.830. The maximum absolute atomic E-state index is 10.7. The second-order valence-electron chi connectivity index (χ2n) is 1.88. The standard InChI is InChI=1S/C7H13NO2/c1-3-5-6(8)7(9)10-4-2/h3,6H,1,4-5,8H2,2H3/t6-/m1/s1. The molecule has 0 aromatic carbocycles. The molecule has 0 radical (unpaired) electrons. The highest BCUT2D eigenvalue weighted by Crippen LogP contribution is 1.91. The summed E-state index contributed by atoms with van der Waals surface area (Å²) in [7, 11) is 0. The van der Waals surface area contributed by atoms with Gasteiger partial charge in [-0.3, -0.25) is 4.79 Å². The van der Waals surface area contributed by atoms with Crippen LogP contribution in [0.5, 0.6) is 0 Å². The minimum Gasteiger partial charge on any atom is -0.465 e. The highest BCUT2D eigenvalue weighted by molar-refractivity contribution is 5.75. The summed E-state index contributed by atoms with van der Waals surface area (Å²) in [4.78, 5) is 10.7. The van der Waals surface area contributed by atoms with Gasteiger partial charge in [-0.1, -0.05) is 6.08 Å². The van der Waals surface area contributed by atoms with Crippen LogP contribution < -0.4 is 5.73 Å². The molecule has 0 saturated heterocycles. The molecular weight excluding hydrogens is 130 g/mol. The zero-order valence-corrected chi connectivity index (χ0v) is 6.17. The van der Waals surface area contributed by atoms with E-state index in [-0.39, 0.29) is 5.97 Å². The van der Waals surface area contributed by atoms with E-state index in [0.29, 0.717) is 13.0 Å². The smallest absolute Gasteiger partial charge is 0.323 e. The van der Waals surface area contributed by atoms with Crippen molar-refractivity contribution < 1.29 is 9.53 Å². The quantitative estimate of drug-likeness (QED) is 0.459. The van der Waals surface area contributed by atoms with Crippen LogP contribution in [0.2, 0.25) is 0 Å². The Bertz CT molecular complexity index is 123. The zero-order valence-electron chi connectivity index (χ0n) is 6.17. The van der Waals surface area contributed by atoms with Crippen LogP contribution in [0, 0.1) is 0 Å². The van der Waals surface area contributed by atoms with Crippen molar-refractivity contribution in [3.8, 4) is 0 Å². The van der Waals surface area contributed by atoms with Gasteiger partial charge in [0, 0.05) is 0 Å². The molecule has 0 saturated carbocycles. The molecular formula is C7H13NO2. The average molecular weight is 143 g/mol. The number of nitrogens with two attached hydrogens (primary N) is 1. The molecule has 0 bridgehead atoms. The number of carbonyl (C=O) groups excluding carboxylic acids is 1. The van der Waals surface area contributed by atoms with Gasteiger partial charge in [0.15, 0.2) is 0 Å². The molecule has 1 atom stereocenters. The van der Waals surface area contributed by atoms with Crippen LogP contribution in [0.25, 0.3) is 0 Å². The van der Waals surface area contributed by atoms with Gasteiger partial charge in [-0.25, -0.2) is 0 Å². The van der Waals surface area contributed by atoms with Crippen molar-refractivity contribution in [1.82, 2.24) is 0 Å². The summed E-state index contributed by atoms with van der Waals surface area (Å²) in [5.41, 5.74) is 5.37. The van der Waals surface area contributed by atoms with E-state index in [2.05, 4.69) is 11.3 Å². The Morgan fingerprint density at radius 3 is 2.90 bits per heavy atom. The fourth-order valence-electron chi connectivity index (χ4n) is 0.525. The van der Waals surface area contributed by atoms with Crippen LogP contribution in [-0.4, -0.2) is 18.6 Å². The van der Waals surface area contributed by atoms with E-state index in [0.717, 1.165) is 0 Å². The van der Waals surface area contributed by atoms with Gasteiger partial charge in [0.25, 0.3) is 0 Å². The van der Waals surface area contributed by atoms with E-state index in [1.807, 2.05) is 0 Å². The van der Waals surface area contributed by atoms with Gasteiger partial charge in [-0.05, 0) is 13.3 Å². The van der Waals surface area contributed by atoms with Gasteiger partial charge in [0.2, 0.25) is 0 Å². The van der Waals surface area contributed by atoms with Crippen LogP contribution in [0.15, 0.2) is 12.7 Å². The van der Waals surface area contributed by atoms with Gasteiger partial charge >= 0.3 is 5.97 Å². The number of esters is 1. The summed E-state index contributed by atoms with van der Waals surface area (Å²) in [5.74, 6) is -0.359. The molecule has 0 aliphatic carbocycles. The van der Waals surface area contributed by atoms with E-state index < -0.39 is 6.04 Å². The lowest BCUT2D eigenvalue weighted by atomic mass is 10.2. The zero-order chi connectivity index (χ0) is 7.98. The fourth-order valence-corrected chi connectivity index (χ4v) is 0.525. The average Bonchev–Trinajstić information content (AvgIpc) is 1.89. The molecule has 2 N–H and O–H groups in total. The van der Waals surface area contributed by atoms with Crippen molar-refractivity contribution in [2.45, 2.75) is 19.4 Å². The summed E-state index contributed by atoms with van der Waals surface area (Å²) in [6.45, 7) is 5.58. The largest absolute Gasteiger partial charge is 0.465 e. The van der Waals surface area contributed by atoms with Gasteiger partial charge in [0.1, 0.15) is 6.04 Å². The van der Waals surface area contributed by atoms with Gasteiger partial charge in [-0.15, -0.1) is 6.58 Å². The SMILES string of the molecule is C=CC[C@@H](N)C(=O)OCC. The van der Waals surface area contributed by atoms with Crippen molar-refractivity contribution in [2.24, 2.45) is 5.73 Å². The summed E-state index contributed by atoms with van der Waals surface area (Å²) in [5, 5.41) is 0. The monoisotopic (exact) mass is 143 g/mol. The molecule has 0 heterocycles. The first kappa shape index (κ1) is 9.17. The third kappa shape index (κ3) is 3.25. The third-order valence-electron chi connectivity index (χ3n) is 1.01. The topological polar surface area (TPSA) is 52.3 Å². The molecule has 10 heavy (non-hydrogen) atoms. The fraction of sp³-hybridized carbons (Fsp3) is 0.571. The van der Waals surface area contributed by atoms with Crippen molar-refractivity contribution in [3.63, 3.8) is 0 Å². The van der Waals surface area contributed by atoms with Crippen LogP contribution in [0.3, 0.4) is 0 Å². The van der Waals surface area contributed by atoms with Crippen molar-refractivity contribution in [3.05, 3.63) is 12.7 Å². The summed E-state index contributed by atoms with van der Waals surface area (Å²) < 4.78 is 4.64. The molecule has 0 unspecified atom stereocenters. The van der Waals surface area contributed by atoms with E-state index in [9.17, 15) is 4.79 Å². The minimum absolute atomic E-state index is 0.359. The van der Waals surface area contributed by atoms with E-state index >= 15 is 0 Å². The molecule has 58 valence electrons. The Morgan fingerprint density at radius 2 is 2.50 bits per heavy atom. The van der Waals surface area contributed by atoms with Gasteiger partial charge in [0.05, 0.1) is 6.61 Å². The molecule has 0 aliphatic rings. The van der Waals surface area contributed by atoms with Crippen molar-refractivity contribution in [2.75, 3.05) is 6.61 Å². The third-order valence-corrected chi connectivity index (χ3v) is 1.01. The van der Waals surface area contributed by atoms with Crippen LogP contribution in [0.1, 0.15) is 13.3 Å². The molecule has 0 aromatic heterocycles. The maximum Gasteiger partial charge on any atom is 0.323 e. The van der Waals surface area contributed by atoms with E-state index in [1.165, 1.54) is 0 Å². The molecule has 0 rings (SSSR count). The first-order chi connectivity index (χ1) is 4.72. The molecule has 0 spiro atoms. The Labute approximate surface area is 60.9 Å². The minimum atomic E-state index is -0.544. The molecule has 3 heteroatoms. The Kier molecular flexibility index (Phi) is 4.58. The van der Waals surface area contributed by atoms with E-state index in [1.54, 1.807) is 13.0 Å². The number of hydrogen-bond acceptors (Lipinski definition) is 3. The molecule has 0 aliphatic heterocycles. The predicted octanol–water partition coefficient (Wildman–Crippen LogP) is 0.453. The van der Waals surface area contributed by atoms with Crippen LogP contribution in [0.4, 0.5) is 0 Å².